The molecule has 0 spiro atoms. The number of aryl methyl sites for hydroxylation is 1. The highest BCUT2D eigenvalue weighted by Gasteiger charge is 2.15. The Labute approximate surface area is 138 Å². The molecule has 1 aromatic heterocycles. The largest absolute Gasteiger partial charge is 0.452 e. The van der Waals surface area contributed by atoms with Gasteiger partial charge in [-0.25, -0.2) is 10.2 Å². The molecular formula is C16H16N4O4. The Kier molecular flexibility index (Phi) is 5.45. The van der Waals surface area contributed by atoms with E-state index in [1.54, 1.807) is 36.5 Å². The van der Waals surface area contributed by atoms with E-state index in [1.807, 2.05) is 6.92 Å². The van der Waals surface area contributed by atoms with E-state index in [0.717, 1.165) is 5.56 Å². The lowest BCUT2D eigenvalue weighted by Gasteiger charge is -2.12. The number of carbonyl (C=O) groups is 3. The molecule has 2 aromatic rings. The highest BCUT2D eigenvalue weighted by Crippen LogP contribution is 2.18. The van der Waals surface area contributed by atoms with Crippen LogP contribution in [0.2, 0.25) is 0 Å². The average molecular weight is 328 g/mol. The van der Waals surface area contributed by atoms with Gasteiger partial charge < -0.3 is 10.1 Å². The lowest BCUT2D eigenvalue weighted by Crippen LogP contribution is -2.41. The fourth-order valence-electron chi connectivity index (χ4n) is 1.88. The molecule has 0 aliphatic carbocycles. The number of aromatic nitrogens is 1. The summed E-state index contributed by atoms with van der Waals surface area (Å²) in [5.74, 6) is -0.995. The van der Waals surface area contributed by atoms with Crippen LogP contribution >= 0.6 is 0 Å². The highest BCUT2D eigenvalue weighted by molar-refractivity contribution is 6.09. The van der Waals surface area contributed by atoms with Crippen molar-refractivity contribution in [3.05, 3.63) is 59.4 Å². The summed E-state index contributed by atoms with van der Waals surface area (Å²) < 4.78 is 4.37. The highest BCUT2D eigenvalue weighted by atomic mass is 16.5. The fourth-order valence-corrected chi connectivity index (χ4v) is 1.88. The van der Waals surface area contributed by atoms with Crippen molar-refractivity contribution in [3.63, 3.8) is 0 Å². The second-order valence-corrected chi connectivity index (χ2v) is 4.82. The molecule has 1 heterocycles. The maximum atomic E-state index is 12.2. The van der Waals surface area contributed by atoms with E-state index >= 15 is 0 Å². The topological polar surface area (TPSA) is 109 Å². The van der Waals surface area contributed by atoms with Crippen molar-refractivity contribution < 1.29 is 19.1 Å². The minimum absolute atomic E-state index is 0.189. The van der Waals surface area contributed by atoms with Gasteiger partial charge in [0, 0.05) is 12.4 Å². The third kappa shape index (κ3) is 4.29. The zero-order valence-corrected chi connectivity index (χ0v) is 13.1. The Bertz CT molecular complexity index is 762. The summed E-state index contributed by atoms with van der Waals surface area (Å²) in [6.07, 6.45) is 2.17. The lowest BCUT2D eigenvalue weighted by atomic mass is 10.1. The van der Waals surface area contributed by atoms with Gasteiger partial charge in [-0.05, 0) is 36.8 Å². The first kappa shape index (κ1) is 16.9. The van der Waals surface area contributed by atoms with Gasteiger partial charge in [0.05, 0.1) is 23.9 Å². The van der Waals surface area contributed by atoms with Crippen LogP contribution in [0.25, 0.3) is 0 Å². The zero-order valence-electron chi connectivity index (χ0n) is 13.1. The smallest absolute Gasteiger partial charge is 0.425 e. The van der Waals surface area contributed by atoms with Crippen LogP contribution in [0, 0.1) is 6.92 Å². The number of amides is 3. The SMILES string of the molecule is COC(=O)NNC(=O)c1ccc(C)cc1NC(=O)c1cccnc1. The number of pyridine rings is 1. The van der Waals surface area contributed by atoms with E-state index in [9.17, 15) is 14.4 Å². The van der Waals surface area contributed by atoms with Crippen LogP contribution in [0.5, 0.6) is 0 Å². The number of nitrogens with zero attached hydrogens (tertiary/aromatic N) is 1. The Morgan fingerprint density at radius 2 is 1.88 bits per heavy atom. The summed E-state index contributed by atoms with van der Waals surface area (Å²) in [7, 11) is 1.17. The second kappa shape index (κ2) is 7.73. The number of hydrogen-bond acceptors (Lipinski definition) is 5. The molecule has 24 heavy (non-hydrogen) atoms. The zero-order chi connectivity index (χ0) is 17.5. The van der Waals surface area contributed by atoms with Crippen LogP contribution in [-0.2, 0) is 4.74 Å². The number of rotatable bonds is 3. The lowest BCUT2D eigenvalue weighted by molar-refractivity contribution is 0.0921. The summed E-state index contributed by atoms with van der Waals surface area (Å²) in [6.45, 7) is 1.83. The van der Waals surface area contributed by atoms with Crippen molar-refractivity contribution in [2.45, 2.75) is 6.92 Å². The molecule has 8 heteroatoms. The number of nitrogens with one attached hydrogen (secondary N) is 3. The predicted octanol–water partition coefficient (Wildman–Crippen LogP) is 1.64. The van der Waals surface area contributed by atoms with Crippen LogP contribution < -0.4 is 16.2 Å². The van der Waals surface area contributed by atoms with Crippen LogP contribution in [0.15, 0.2) is 42.7 Å². The predicted molar refractivity (Wildman–Crippen MR) is 86.4 cm³/mol. The summed E-state index contributed by atoms with van der Waals surface area (Å²) in [5, 5.41) is 2.67. The van der Waals surface area contributed by atoms with Crippen molar-refractivity contribution >= 4 is 23.6 Å². The molecule has 1 aromatic carbocycles. The van der Waals surface area contributed by atoms with Crippen LogP contribution in [0.4, 0.5) is 10.5 Å². The van der Waals surface area contributed by atoms with Gasteiger partial charge >= 0.3 is 6.09 Å². The van der Waals surface area contributed by atoms with Gasteiger partial charge in [0.1, 0.15) is 0 Å². The molecule has 8 nitrogen and oxygen atoms in total. The Balaban J connectivity index is 2.20. The monoisotopic (exact) mass is 328 g/mol. The van der Waals surface area contributed by atoms with Gasteiger partial charge in [0.25, 0.3) is 11.8 Å². The van der Waals surface area contributed by atoms with E-state index < -0.39 is 17.9 Å². The molecule has 0 aliphatic heterocycles. The Hall–Kier alpha value is -3.42. The molecule has 0 radical (unpaired) electrons. The van der Waals surface area contributed by atoms with Gasteiger partial charge in [0.2, 0.25) is 0 Å². The molecule has 124 valence electrons. The number of benzene rings is 1. The molecular weight excluding hydrogens is 312 g/mol. The molecule has 0 fully saturated rings. The van der Waals surface area contributed by atoms with Gasteiger partial charge in [-0.3, -0.25) is 20.0 Å². The maximum Gasteiger partial charge on any atom is 0.425 e. The molecule has 0 bridgehead atoms. The van der Waals surface area contributed by atoms with Crippen LogP contribution in [-0.4, -0.2) is 30.0 Å². The Morgan fingerprint density at radius 1 is 1.08 bits per heavy atom. The van der Waals surface area contributed by atoms with Crippen molar-refractivity contribution in [1.29, 1.82) is 0 Å². The summed E-state index contributed by atoms with van der Waals surface area (Å²) in [5.41, 5.74) is 5.99. The number of anilines is 1. The molecule has 3 amide bonds. The molecule has 0 unspecified atom stereocenters. The maximum absolute atomic E-state index is 12.2. The number of carbonyl (C=O) groups excluding carboxylic acids is 3. The van der Waals surface area contributed by atoms with E-state index in [-0.39, 0.29) is 5.56 Å². The van der Waals surface area contributed by atoms with Crippen molar-refractivity contribution in [1.82, 2.24) is 15.8 Å². The summed E-state index contributed by atoms with van der Waals surface area (Å²) in [6, 6.07) is 8.16. The molecule has 0 aliphatic rings. The number of ether oxygens (including phenoxy) is 1. The quantitative estimate of drug-likeness (QED) is 0.742. The number of methoxy groups -OCH3 is 1. The second-order valence-electron chi connectivity index (χ2n) is 4.82. The van der Waals surface area contributed by atoms with E-state index in [4.69, 9.17) is 0 Å². The fraction of sp³-hybridized carbons (Fsp3) is 0.125. The summed E-state index contributed by atoms with van der Waals surface area (Å²) >= 11 is 0. The van der Waals surface area contributed by atoms with Gasteiger partial charge in [-0.1, -0.05) is 6.07 Å². The third-order valence-corrected chi connectivity index (χ3v) is 3.06. The molecule has 2 rings (SSSR count). The van der Waals surface area contributed by atoms with Gasteiger partial charge in [0.15, 0.2) is 0 Å². The van der Waals surface area contributed by atoms with E-state index in [1.165, 1.54) is 13.3 Å². The number of hydrazine groups is 1. The van der Waals surface area contributed by atoms with E-state index in [0.29, 0.717) is 11.3 Å². The number of hydrogen-bond donors (Lipinski definition) is 3. The minimum atomic E-state index is -0.809. The van der Waals surface area contributed by atoms with E-state index in [2.05, 4.69) is 25.9 Å². The Morgan fingerprint density at radius 3 is 2.54 bits per heavy atom. The van der Waals surface area contributed by atoms with Crippen molar-refractivity contribution in [2.24, 2.45) is 0 Å². The molecule has 3 N–H and O–H groups in total. The van der Waals surface area contributed by atoms with Crippen molar-refractivity contribution in [3.8, 4) is 0 Å². The normalized spacial score (nSPS) is 9.75. The molecule has 0 saturated heterocycles. The first-order valence-corrected chi connectivity index (χ1v) is 6.97. The minimum Gasteiger partial charge on any atom is -0.452 e. The van der Waals surface area contributed by atoms with Crippen molar-refractivity contribution in [2.75, 3.05) is 12.4 Å². The standard InChI is InChI=1S/C16H16N4O4/c1-10-5-6-12(15(22)19-20-16(23)24-2)13(8-10)18-14(21)11-4-3-7-17-9-11/h3-9H,1-2H3,(H,18,21)(H,19,22)(H,20,23). The average Bonchev–Trinajstić information content (AvgIpc) is 2.60. The molecule has 0 saturated carbocycles. The summed E-state index contributed by atoms with van der Waals surface area (Å²) in [4.78, 5) is 39.3. The van der Waals surface area contributed by atoms with Crippen LogP contribution in [0.3, 0.4) is 0 Å². The third-order valence-electron chi connectivity index (χ3n) is 3.06. The molecule has 0 atom stereocenters. The van der Waals surface area contributed by atoms with Crippen LogP contribution in [0.1, 0.15) is 26.3 Å². The van der Waals surface area contributed by atoms with Gasteiger partial charge in [-0.15, -0.1) is 0 Å². The first-order chi connectivity index (χ1) is 11.5. The first-order valence-electron chi connectivity index (χ1n) is 6.97. The van der Waals surface area contributed by atoms with Gasteiger partial charge in [-0.2, -0.15) is 0 Å².